The third-order valence-electron chi connectivity index (χ3n) is 4.40. The van der Waals surface area contributed by atoms with Gasteiger partial charge in [-0.05, 0) is 49.8 Å². The number of aromatic nitrogens is 1. The van der Waals surface area contributed by atoms with Crippen LogP contribution in [-0.4, -0.2) is 17.0 Å². The molecule has 0 spiro atoms. The molecule has 0 aliphatic heterocycles. The van der Waals surface area contributed by atoms with Gasteiger partial charge in [0.2, 0.25) is 5.91 Å². The number of aryl methyl sites for hydroxylation is 1. The maximum atomic E-state index is 12.0. The SMILES string of the molecule is Cc1ccc(CNC(=O)CCC(CCN)C(C)(C)C)n1C. The van der Waals surface area contributed by atoms with Crippen molar-refractivity contribution in [3.8, 4) is 0 Å². The van der Waals surface area contributed by atoms with Gasteiger partial charge in [0, 0.05) is 24.9 Å². The fourth-order valence-electron chi connectivity index (χ4n) is 2.64. The molecule has 0 saturated carbocycles. The Hall–Kier alpha value is -1.29. The summed E-state index contributed by atoms with van der Waals surface area (Å²) in [6.45, 7) is 10.0. The number of nitrogens with zero attached hydrogens (tertiary/aromatic N) is 1. The molecule has 0 aliphatic rings. The van der Waals surface area contributed by atoms with Gasteiger partial charge in [0.25, 0.3) is 0 Å². The zero-order valence-electron chi connectivity index (χ0n) is 14.2. The largest absolute Gasteiger partial charge is 0.351 e. The van der Waals surface area contributed by atoms with Crippen LogP contribution in [0.15, 0.2) is 12.1 Å². The quantitative estimate of drug-likeness (QED) is 0.812. The van der Waals surface area contributed by atoms with E-state index in [-0.39, 0.29) is 11.3 Å². The molecular formula is C17H31N3O. The van der Waals surface area contributed by atoms with Gasteiger partial charge in [-0.3, -0.25) is 4.79 Å². The molecule has 1 atom stereocenters. The molecule has 4 nitrogen and oxygen atoms in total. The lowest BCUT2D eigenvalue weighted by molar-refractivity contribution is -0.121. The van der Waals surface area contributed by atoms with Crippen molar-refractivity contribution in [3.05, 3.63) is 23.5 Å². The monoisotopic (exact) mass is 293 g/mol. The first-order chi connectivity index (χ1) is 9.75. The second-order valence-electron chi connectivity index (χ2n) is 6.98. The predicted octanol–water partition coefficient (Wildman–Crippen LogP) is 2.74. The van der Waals surface area contributed by atoms with E-state index in [1.54, 1.807) is 0 Å². The highest BCUT2D eigenvalue weighted by Gasteiger charge is 2.24. The Bertz CT molecular complexity index is 457. The predicted molar refractivity (Wildman–Crippen MR) is 87.8 cm³/mol. The first kappa shape index (κ1) is 17.8. The molecule has 1 unspecified atom stereocenters. The first-order valence-electron chi connectivity index (χ1n) is 7.83. The van der Waals surface area contributed by atoms with Crippen molar-refractivity contribution in [2.75, 3.05) is 6.54 Å². The van der Waals surface area contributed by atoms with E-state index in [1.165, 1.54) is 5.69 Å². The van der Waals surface area contributed by atoms with Gasteiger partial charge in [-0.25, -0.2) is 0 Å². The van der Waals surface area contributed by atoms with Crippen molar-refractivity contribution < 1.29 is 4.79 Å². The number of hydrogen-bond donors (Lipinski definition) is 2. The molecule has 1 amide bonds. The molecule has 1 aromatic heterocycles. The fourth-order valence-corrected chi connectivity index (χ4v) is 2.64. The minimum absolute atomic E-state index is 0.125. The van der Waals surface area contributed by atoms with Crippen molar-refractivity contribution >= 4 is 5.91 Å². The lowest BCUT2D eigenvalue weighted by atomic mass is 9.76. The third kappa shape index (κ3) is 5.54. The van der Waals surface area contributed by atoms with Gasteiger partial charge in [0.05, 0.1) is 6.54 Å². The molecule has 0 radical (unpaired) electrons. The summed E-state index contributed by atoms with van der Waals surface area (Å²) in [4.78, 5) is 12.0. The van der Waals surface area contributed by atoms with Crippen LogP contribution in [0.1, 0.15) is 51.4 Å². The summed E-state index contributed by atoms with van der Waals surface area (Å²) < 4.78 is 2.10. The number of rotatable bonds is 7. The Labute approximate surface area is 129 Å². The summed E-state index contributed by atoms with van der Waals surface area (Å²) >= 11 is 0. The molecule has 0 saturated heterocycles. The number of amides is 1. The van der Waals surface area contributed by atoms with Crippen molar-refractivity contribution in [3.63, 3.8) is 0 Å². The summed E-state index contributed by atoms with van der Waals surface area (Å²) in [5, 5.41) is 3.01. The lowest BCUT2D eigenvalue weighted by Crippen LogP contribution is -2.28. The normalized spacial score (nSPS) is 13.2. The van der Waals surface area contributed by atoms with E-state index in [9.17, 15) is 4.79 Å². The van der Waals surface area contributed by atoms with Crippen molar-refractivity contribution in [1.82, 2.24) is 9.88 Å². The van der Waals surface area contributed by atoms with Crippen LogP contribution in [-0.2, 0) is 18.4 Å². The van der Waals surface area contributed by atoms with Gasteiger partial charge in [0.1, 0.15) is 0 Å². The van der Waals surface area contributed by atoms with E-state index >= 15 is 0 Å². The Morgan fingerprint density at radius 3 is 2.48 bits per heavy atom. The average Bonchev–Trinajstić information content (AvgIpc) is 2.71. The van der Waals surface area contributed by atoms with Crippen LogP contribution in [0, 0.1) is 18.3 Å². The Kier molecular flexibility index (Phi) is 6.46. The molecule has 0 aromatic carbocycles. The van der Waals surface area contributed by atoms with E-state index in [2.05, 4.69) is 49.7 Å². The highest BCUT2D eigenvalue weighted by Crippen LogP contribution is 2.31. The molecule has 0 bridgehead atoms. The summed E-state index contributed by atoms with van der Waals surface area (Å²) in [6.07, 6.45) is 2.46. The topological polar surface area (TPSA) is 60.1 Å². The summed E-state index contributed by atoms with van der Waals surface area (Å²) in [7, 11) is 2.02. The third-order valence-corrected chi connectivity index (χ3v) is 4.40. The van der Waals surface area contributed by atoms with Gasteiger partial charge in [-0.2, -0.15) is 0 Å². The first-order valence-corrected chi connectivity index (χ1v) is 7.83. The molecule has 120 valence electrons. The Balaban J connectivity index is 2.41. The van der Waals surface area contributed by atoms with E-state index in [0.29, 0.717) is 25.4 Å². The van der Waals surface area contributed by atoms with Crippen LogP contribution in [0.25, 0.3) is 0 Å². The van der Waals surface area contributed by atoms with E-state index in [4.69, 9.17) is 5.73 Å². The molecule has 0 aliphatic carbocycles. The number of nitrogens with two attached hydrogens (primary N) is 1. The van der Waals surface area contributed by atoms with Crippen LogP contribution in [0.5, 0.6) is 0 Å². The minimum atomic E-state index is 0.125. The molecule has 1 rings (SSSR count). The zero-order chi connectivity index (χ0) is 16.0. The van der Waals surface area contributed by atoms with E-state index in [1.807, 2.05) is 7.05 Å². The van der Waals surface area contributed by atoms with Gasteiger partial charge in [-0.15, -0.1) is 0 Å². The van der Waals surface area contributed by atoms with Crippen LogP contribution in [0.2, 0.25) is 0 Å². The molecule has 0 fully saturated rings. The molecule has 1 aromatic rings. The van der Waals surface area contributed by atoms with Gasteiger partial charge < -0.3 is 15.6 Å². The smallest absolute Gasteiger partial charge is 0.220 e. The Morgan fingerprint density at radius 2 is 2.00 bits per heavy atom. The number of carbonyl (C=O) groups excluding carboxylic acids is 1. The van der Waals surface area contributed by atoms with Crippen molar-refractivity contribution in [1.29, 1.82) is 0 Å². The van der Waals surface area contributed by atoms with Crippen LogP contribution < -0.4 is 11.1 Å². The van der Waals surface area contributed by atoms with Crippen molar-refractivity contribution in [2.24, 2.45) is 24.1 Å². The molecule has 4 heteroatoms. The van der Waals surface area contributed by atoms with Gasteiger partial charge in [-0.1, -0.05) is 20.8 Å². The molecule has 3 N–H and O–H groups in total. The zero-order valence-corrected chi connectivity index (χ0v) is 14.2. The van der Waals surface area contributed by atoms with Gasteiger partial charge in [0.15, 0.2) is 0 Å². The number of nitrogens with one attached hydrogen (secondary N) is 1. The highest BCUT2D eigenvalue weighted by atomic mass is 16.1. The summed E-state index contributed by atoms with van der Waals surface area (Å²) in [6, 6.07) is 4.13. The maximum Gasteiger partial charge on any atom is 0.220 e. The van der Waals surface area contributed by atoms with E-state index in [0.717, 1.165) is 18.5 Å². The maximum absolute atomic E-state index is 12.0. The van der Waals surface area contributed by atoms with E-state index < -0.39 is 0 Å². The molecule has 1 heterocycles. The highest BCUT2D eigenvalue weighted by molar-refractivity contribution is 5.75. The van der Waals surface area contributed by atoms with Crippen LogP contribution in [0.3, 0.4) is 0 Å². The minimum Gasteiger partial charge on any atom is -0.351 e. The van der Waals surface area contributed by atoms with Gasteiger partial charge >= 0.3 is 0 Å². The molecule has 21 heavy (non-hydrogen) atoms. The Morgan fingerprint density at radius 1 is 1.33 bits per heavy atom. The number of carbonyl (C=O) groups is 1. The molecular weight excluding hydrogens is 262 g/mol. The standard InChI is InChI=1S/C17H31N3O/c1-13-6-8-15(20(13)5)12-19-16(21)9-7-14(10-11-18)17(2,3)4/h6,8,14H,7,9-12,18H2,1-5H3,(H,19,21). The summed E-state index contributed by atoms with van der Waals surface area (Å²) in [5.41, 5.74) is 8.22. The second-order valence-corrected chi connectivity index (χ2v) is 6.98. The second kappa shape index (κ2) is 7.64. The average molecular weight is 293 g/mol. The number of hydrogen-bond acceptors (Lipinski definition) is 2. The fraction of sp³-hybridized carbons (Fsp3) is 0.706. The van der Waals surface area contributed by atoms with Crippen molar-refractivity contribution in [2.45, 2.75) is 53.5 Å². The van der Waals surface area contributed by atoms with Crippen LogP contribution in [0.4, 0.5) is 0 Å². The van der Waals surface area contributed by atoms with Crippen LogP contribution >= 0.6 is 0 Å². The lowest BCUT2D eigenvalue weighted by Gasteiger charge is -2.30. The summed E-state index contributed by atoms with van der Waals surface area (Å²) in [5.74, 6) is 0.616.